The van der Waals surface area contributed by atoms with E-state index in [0.29, 0.717) is 5.92 Å². The van der Waals surface area contributed by atoms with E-state index >= 15 is 0 Å². The van der Waals surface area contributed by atoms with Gasteiger partial charge in [0.15, 0.2) is 0 Å². The van der Waals surface area contributed by atoms with E-state index in [0.717, 1.165) is 26.1 Å². The van der Waals surface area contributed by atoms with Crippen molar-refractivity contribution in [3.05, 3.63) is 35.9 Å². The maximum absolute atomic E-state index is 12.2. The largest absolute Gasteiger partial charge is 0.355 e. The van der Waals surface area contributed by atoms with E-state index in [1.54, 1.807) is 0 Å². The molecule has 0 bridgehead atoms. The van der Waals surface area contributed by atoms with Gasteiger partial charge in [0.1, 0.15) is 0 Å². The van der Waals surface area contributed by atoms with Crippen molar-refractivity contribution in [1.29, 1.82) is 0 Å². The number of halogens is 1. The second-order valence-corrected chi connectivity index (χ2v) is 5.78. The summed E-state index contributed by atoms with van der Waals surface area (Å²) in [7, 11) is 0. The molecule has 0 saturated carbocycles. The molecule has 0 unspecified atom stereocenters. The Morgan fingerprint density at radius 3 is 2.47 bits per heavy atom. The van der Waals surface area contributed by atoms with Crippen molar-refractivity contribution in [1.82, 2.24) is 10.6 Å². The van der Waals surface area contributed by atoms with Crippen LogP contribution in [0.2, 0.25) is 0 Å². The first-order chi connectivity index (χ1) is 8.58. The summed E-state index contributed by atoms with van der Waals surface area (Å²) in [6.07, 6.45) is 0.780. The molecule has 1 saturated heterocycles. The topological polar surface area (TPSA) is 41.1 Å². The third kappa shape index (κ3) is 4.51. The van der Waals surface area contributed by atoms with Crippen LogP contribution >= 0.6 is 12.4 Å². The average molecular weight is 283 g/mol. The monoisotopic (exact) mass is 282 g/mol. The van der Waals surface area contributed by atoms with Crippen molar-refractivity contribution in [2.45, 2.75) is 20.3 Å². The molecule has 0 spiro atoms. The molecule has 1 heterocycles. The Labute approximate surface area is 121 Å². The number of nitrogens with one attached hydrogen (secondary N) is 2. The van der Waals surface area contributed by atoms with Crippen molar-refractivity contribution in [3.8, 4) is 0 Å². The number of benzene rings is 1. The first-order valence-electron chi connectivity index (χ1n) is 6.61. The highest BCUT2D eigenvalue weighted by molar-refractivity contribution is 5.85. The van der Waals surface area contributed by atoms with Gasteiger partial charge in [0.2, 0.25) is 5.91 Å². The fourth-order valence-corrected chi connectivity index (χ4v) is 2.16. The Kier molecular flexibility index (Phi) is 5.83. The van der Waals surface area contributed by atoms with Gasteiger partial charge in [-0.1, -0.05) is 44.2 Å². The average Bonchev–Trinajstić information content (AvgIpc) is 2.27. The van der Waals surface area contributed by atoms with Crippen molar-refractivity contribution >= 4 is 18.3 Å². The number of carbonyl (C=O) groups excluding carboxylic acids is 1. The predicted octanol–water partition coefficient (Wildman–Crippen LogP) is 2.01. The second kappa shape index (κ2) is 6.92. The summed E-state index contributed by atoms with van der Waals surface area (Å²) in [5.41, 5.74) is 0.862. The zero-order valence-electron chi connectivity index (χ0n) is 11.6. The Bertz CT molecular complexity index is 402. The fourth-order valence-electron chi connectivity index (χ4n) is 2.16. The molecule has 1 amide bonds. The summed E-state index contributed by atoms with van der Waals surface area (Å²) >= 11 is 0. The van der Waals surface area contributed by atoms with E-state index in [1.807, 2.05) is 32.0 Å². The Hall–Kier alpha value is -1.06. The molecule has 4 heteroatoms. The van der Waals surface area contributed by atoms with E-state index in [4.69, 9.17) is 0 Å². The van der Waals surface area contributed by atoms with Crippen LogP contribution in [-0.2, 0) is 11.2 Å². The molecule has 2 N–H and O–H groups in total. The van der Waals surface area contributed by atoms with Crippen LogP contribution < -0.4 is 10.6 Å². The van der Waals surface area contributed by atoms with Gasteiger partial charge >= 0.3 is 0 Å². The molecule has 0 radical (unpaired) electrons. The minimum absolute atomic E-state index is 0. The summed E-state index contributed by atoms with van der Waals surface area (Å²) in [4.78, 5) is 12.2. The van der Waals surface area contributed by atoms with Gasteiger partial charge in [-0.05, 0) is 12.0 Å². The summed E-state index contributed by atoms with van der Waals surface area (Å²) in [5.74, 6) is 0.764. The summed E-state index contributed by atoms with van der Waals surface area (Å²) in [5, 5.41) is 6.28. The minimum atomic E-state index is -0.349. The first kappa shape index (κ1) is 16.0. The van der Waals surface area contributed by atoms with E-state index in [-0.39, 0.29) is 23.7 Å². The molecular weight excluding hydrogens is 260 g/mol. The molecule has 1 aliphatic heterocycles. The fraction of sp³-hybridized carbons (Fsp3) is 0.533. The molecule has 106 valence electrons. The Morgan fingerprint density at radius 2 is 1.95 bits per heavy atom. The van der Waals surface area contributed by atoms with E-state index in [1.165, 1.54) is 5.56 Å². The summed E-state index contributed by atoms with van der Waals surface area (Å²) < 4.78 is 0. The maximum Gasteiger partial charge on any atom is 0.226 e. The van der Waals surface area contributed by atoms with Crippen molar-refractivity contribution in [2.24, 2.45) is 11.3 Å². The smallest absolute Gasteiger partial charge is 0.226 e. The standard InChI is InChI=1S/C15H22N2O.ClH/c1-15(2,8-12-6-4-3-5-7-12)14(18)17-11-13-9-16-10-13;/h3-7,13,16H,8-11H2,1-2H3,(H,17,18);1H. The van der Waals surface area contributed by atoms with Crippen molar-refractivity contribution in [2.75, 3.05) is 19.6 Å². The predicted molar refractivity (Wildman–Crippen MR) is 80.5 cm³/mol. The van der Waals surface area contributed by atoms with Crippen LogP contribution in [0.15, 0.2) is 30.3 Å². The third-order valence-corrected chi connectivity index (χ3v) is 3.52. The molecule has 1 fully saturated rings. The lowest BCUT2D eigenvalue weighted by atomic mass is 9.84. The number of amides is 1. The van der Waals surface area contributed by atoms with Gasteiger partial charge in [-0.2, -0.15) is 0 Å². The quantitative estimate of drug-likeness (QED) is 0.867. The van der Waals surface area contributed by atoms with Gasteiger partial charge in [0.25, 0.3) is 0 Å². The lowest BCUT2D eigenvalue weighted by Gasteiger charge is -2.30. The third-order valence-electron chi connectivity index (χ3n) is 3.52. The maximum atomic E-state index is 12.2. The van der Waals surface area contributed by atoms with Gasteiger partial charge in [-0.15, -0.1) is 12.4 Å². The highest BCUT2D eigenvalue weighted by atomic mass is 35.5. The molecule has 1 aromatic rings. The van der Waals surface area contributed by atoms with Crippen LogP contribution in [0.25, 0.3) is 0 Å². The number of hydrogen-bond donors (Lipinski definition) is 2. The molecule has 1 aliphatic rings. The number of hydrogen-bond acceptors (Lipinski definition) is 2. The first-order valence-corrected chi connectivity index (χ1v) is 6.61. The van der Waals surface area contributed by atoms with Gasteiger partial charge in [0, 0.05) is 31.0 Å². The second-order valence-electron chi connectivity index (χ2n) is 5.78. The van der Waals surface area contributed by atoms with E-state index in [2.05, 4.69) is 22.8 Å². The van der Waals surface area contributed by atoms with Crippen LogP contribution in [0, 0.1) is 11.3 Å². The van der Waals surface area contributed by atoms with Gasteiger partial charge in [-0.25, -0.2) is 0 Å². The van der Waals surface area contributed by atoms with Gasteiger partial charge < -0.3 is 10.6 Å². The molecule has 1 aromatic carbocycles. The molecule has 19 heavy (non-hydrogen) atoms. The number of carbonyl (C=O) groups is 1. The van der Waals surface area contributed by atoms with Crippen LogP contribution in [0.3, 0.4) is 0 Å². The summed E-state index contributed by atoms with van der Waals surface area (Å²) in [6, 6.07) is 10.2. The molecular formula is C15H23ClN2O. The zero-order valence-corrected chi connectivity index (χ0v) is 12.4. The highest BCUT2D eigenvalue weighted by Gasteiger charge is 2.28. The Morgan fingerprint density at radius 1 is 1.32 bits per heavy atom. The van der Waals surface area contributed by atoms with Gasteiger partial charge in [-0.3, -0.25) is 4.79 Å². The highest BCUT2D eigenvalue weighted by Crippen LogP contribution is 2.22. The summed E-state index contributed by atoms with van der Waals surface area (Å²) in [6.45, 7) is 6.87. The minimum Gasteiger partial charge on any atom is -0.355 e. The van der Waals surface area contributed by atoms with Gasteiger partial charge in [0.05, 0.1) is 0 Å². The van der Waals surface area contributed by atoms with Crippen LogP contribution in [0.4, 0.5) is 0 Å². The Balaban J connectivity index is 0.00000180. The molecule has 0 aliphatic carbocycles. The van der Waals surface area contributed by atoms with Crippen LogP contribution in [0.5, 0.6) is 0 Å². The molecule has 2 rings (SSSR count). The molecule has 0 atom stereocenters. The van der Waals surface area contributed by atoms with Crippen molar-refractivity contribution in [3.63, 3.8) is 0 Å². The van der Waals surface area contributed by atoms with Crippen molar-refractivity contribution < 1.29 is 4.79 Å². The van der Waals surface area contributed by atoms with Crippen LogP contribution in [-0.4, -0.2) is 25.5 Å². The lowest BCUT2D eigenvalue weighted by molar-refractivity contribution is -0.129. The number of rotatable bonds is 5. The SMILES string of the molecule is CC(C)(Cc1ccccc1)C(=O)NCC1CNC1.Cl. The zero-order chi connectivity index (χ0) is 13.0. The van der Waals surface area contributed by atoms with E-state index < -0.39 is 0 Å². The lowest BCUT2D eigenvalue weighted by Crippen LogP contribution is -2.50. The van der Waals surface area contributed by atoms with E-state index in [9.17, 15) is 4.79 Å². The van der Waals surface area contributed by atoms with Crippen LogP contribution in [0.1, 0.15) is 19.4 Å². The normalized spacial score (nSPS) is 15.3. The molecule has 0 aromatic heterocycles. The molecule has 3 nitrogen and oxygen atoms in total.